The Morgan fingerprint density at radius 2 is 2.00 bits per heavy atom. The molecule has 9 heavy (non-hydrogen) atoms. The zero-order valence-electron chi connectivity index (χ0n) is 5.74. The highest BCUT2D eigenvalue weighted by molar-refractivity contribution is 4.60. The van der Waals surface area contributed by atoms with E-state index in [0.717, 1.165) is 0 Å². The number of rotatable bonds is 4. The summed E-state index contributed by atoms with van der Waals surface area (Å²) in [5, 5.41) is 0. The molecule has 0 fully saturated rings. The van der Waals surface area contributed by atoms with Gasteiger partial charge in [0.15, 0.2) is 0 Å². The molecular formula is C7H13F2. The van der Waals surface area contributed by atoms with Crippen molar-refractivity contribution in [3.8, 4) is 0 Å². The van der Waals surface area contributed by atoms with Crippen molar-refractivity contribution < 1.29 is 8.78 Å². The van der Waals surface area contributed by atoms with Crippen LogP contribution in [0.1, 0.15) is 26.2 Å². The van der Waals surface area contributed by atoms with Gasteiger partial charge in [-0.1, -0.05) is 13.3 Å². The third-order valence-electron chi connectivity index (χ3n) is 1.10. The van der Waals surface area contributed by atoms with E-state index in [1.807, 2.05) is 0 Å². The van der Waals surface area contributed by atoms with E-state index in [9.17, 15) is 8.78 Å². The maximum absolute atomic E-state index is 12.4. The molecule has 2 unspecified atom stereocenters. The fourth-order valence-corrected chi connectivity index (χ4v) is 0.692. The quantitative estimate of drug-likeness (QED) is 0.556. The largest absolute Gasteiger partial charge is 0.248 e. The van der Waals surface area contributed by atoms with Gasteiger partial charge >= 0.3 is 0 Å². The van der Waals surface area contributed by atoms with E-state index in [4.69, 9.17) is 0 Å². The average molecular weight is 135 g/mol. The Kier molecular flexibility index (Phi) is 4.64. The summed E-state index contributed by atoms with van der Waals surface area (Å²) in [5.41, 5.74) is 0. The van der Waals surface area contributed by atoms with E-state index < -0.39 is 12.3 Å². The normalized spacial score (nSPS) is 17.3. The second-order valence-corrected chi connectivity index (χ2v) is 2.26. The van der Waals surface area contributed by atoms with Gasteiger partial charge in [0.05, 0.1) is 0 Å². The van der Waals surface area contributed by atoms with Crippen molar-refractivity contribution in [3.05, 3.63) is 6.92 Å². The fraction of sp³-hybridized carbons (Fsp3) is 0.857. The van der Waals surface area contributed by atoms with Crippen molar-refractivity contribution in [2.45, 2.75) is 38.5 Å². The molecule has 0 rings (SSSR count). The van der Waals surface area contributed by atoms with Crippen LogP contribution >= 0.6 is 0 Å². The Balaban J connectivity index is 3.15. The molecule has 0 aromatic heterocycles. The van der Waals surface area contributed by atoms with Crippen molar-refractivity contribution >= 4 is 0 Å². The van der Waals surface area contributed by atoms with Gasteiger partial charge in [0, 0.05) is 6.42 Å². The van der Waals surface area contributed by atoms with Crippen LogP contribution in [0.2, 0.25) is 0 Å². The molecule has 0 aliphatic carbocycles. The molecule has 0 amide bonds. The first-order valence-corrected chi connectivity index (χ1v) is 3.24. The maximum atomic E-state index is 12.4. The Morgan fingerprint density at radius 3 is 2.33 bits per heavy atom. The third-order valence-corrected chi connectivity index (χ3v) is 1.10. The van der Waals surface area contributed by atoms with Gasteiger partial charge in [0.1, 0.15) is 12.3 Å². The number of hydrogen-bond acceptors (Lipinski definition) is 0. The summed E-state index contributed by atoms with van der Waals surface area (Å²) >= 11 is 0. The lowest BCUT2D eigenvalue weighted by molar-refractivity contribution is 0.222. The topological polar surface area (TPSA) is 0 Å². The van der Waals surface area contributed by atoms with Gasteiger partial charge in [-0.05, 0) is 13.3 Å². The lowest BCUT2D eigenvalue weighted by atomic mass is 10.1. The van der Waals surface area contributed by atoms with Crippen LogP contribution < -0.4 is 0 Å². The highest BCUT2D eigenvalue weighted by atomic mass is 19.1. The van der Waals surface area contributed by atoms with Crippen LogP contribution in [-0.4, -0.2) is 12.3 Å². The van der Waals surface area contributed by atoms with Crippen LogP contribution in [0.25, 0.3) is 0 Å². The van der Waals surface area contributed by atoms with Crippen molar-refractivity contribution in [2.24, 2.45) is 0 Å². The van der Waals surface area contributed by atoms with Gasteiger partial charge in [0.2, 0.25) is 0 Å². The molecular weight excluding hydrogens is 122 g/mol. The molecule has 55 valence electrons. The first-order chi connectivity index (χ1) is 4.16. The summed E-state index contributed by atoms with van der Waals surface area (Å²) in [6.07, 6.45) is -1.06. The molecule has 0 aromatic carbocycles. The van der Waals surface area contributed by atoms with E-state index in [0.29, 0.717) is 12.8 Å². The highest BCUT2D eigenvalue weighted by Crippen LogP contribution is 2.10. The Morgan fingerprint density at radius 1 is 1.44 bits per heavy atom. The SMILES string of the molecule is [CH2]CCC(F)CC(C)F. The minimum atomic E-state index is -1.02. The van der Waals surface area contributed by atoms with E-state index >= 15 is 0 Å². The molecule has 1 radical (unpaired) electrons. The summed E-state index contributed by atoms with van der Waals surface area (Å²) in [5.74, 6) is 0. The van der Waals surface area contributed by atoms with E-state index in [-0.39, 0.29) is 6.42 Å². The van der Waals surface area contributed by atoms with Crippen molar-refractivity contribution in [2.75, 3.05) is 0 Å². The van der Waals surface area contributed by atoms with Crippen LogP contribution in [0, 0.1) is 6.92 Å². The molecule has 2 heteroatoms. The molecule has 0 aliphatic heterocycles. The summed E-state index contributed by atoms with van der Waals surface area (Å²) in [4.78, 5) is 0. The van der Waals surface area contributed by atoms with Crippen LogP contribution in [0.4, 0.5) is 8.78 Å². The van der Waals surface area contributed by atoms with Gasteiger partial charge in [-0.15, -0.1) is 0 Å². The molecule has 0 heterocycles. The van der Waals surface area contributed by atoms with Gasteiger partial charge in [-0.2, -0.15) is 0 Å². The van der Waals surface area contributed by atoms with Crippen molar-refractivity contribution in [3.63, 3.8) is 0 Å². The van der Waals surface area contributed by atoms with Crippen LogP contribution in [0.3, 0.4) is 0 Å². The molecule has 0 bridgehead atoms. The molecule has 0 saturated carbocycles. The minimum absolute atomic E-state index is 0.0233. The average Bonchev–Trinajstić information content (AvgIpc) is 1.63. The van der Waals surface area contributed by atoms with Gasteiger partial charge < -0.3 is 0 Å². The zero-order valence-corrected chi connectivity index (χ0v) is 5.74. The lowest BCUT2D eigenvalue weighted by Gasteiger charge is -2.05. The third kappa shape index (κ3) is 5.74. The fourth-order valence-electron chi connectivity index (χ4n) is 0.692. The molecule has 2 atom stereocenters. The zero-order chi connectivity index (χ0) is 7.28. The van der Waals surface area contributed by atoms with Crippen molar-refractivity contribution in [1.82, 2.24) is 0 Å². The van der Waals surface area contributed by atoms with E-state index in [1.165, 1.54) is 6.92 Å². The molecule has 0 saturated heterocycles. The standard InChI is InChI=1S/C7H13F2/c1-3-4-7(9)5-6(2)8/h6-7H,1,3-5H2,2H3. The lowest BCUT2D eigenvalue weighted by Crippen LogP contribution is -2.06. The number of halogens is 2. The smallest absolute Gasteiger partial charge is 0.103 e. The first kappa shape index (κ1) is 8.86. The summed E-state index contributed by atoms with van der Waals surface area (Å²) in [6.45, 7) is 4.84. The summed E-state index contributed by atoms with van der Waals surface area (Å²) < 4.78 is 24.4. The minimum Gasteiger partial charge on any atom is -0.248 e. The van der Waals surface area contributed by atoms with Crippen molar-refractivity contribution in [1.29, 1.82) is 0 Å². The monoisotopic (exact) mass is 135 g/mol. The second-order valence-electron chi connectivity index (χ2n) is 2.26. The summed E-state index contributed by atoms with van der Waals surface area (Å²) in [6, 6.07) is 0. The van der Waals surface area contributed by atoms with Crippen LogP contribution in [0.5, 0.6) is 0 Å². The van der Waals surface area contributed by atoms with Crippen LogP contribution in [0.15, 0.2) is 0 Å². The Bertz CT molecular complexity index is 61.9. The van der Waals surface area contributed by atoms with Gasteiger partial charge in [-0.3, -0.25) is 0 Å². The highest BCUT2D eigenvalue weighted by Gasteiger charge is 2.08. The Hall–Kier alpha value is -0.140. The first-order valence-electron chi connectivity index (χ1n) is 3.24. The van der Waals surface area contributed by atoms with Gasteiger partial charge in [-0.25, -0.2) is 8.78 Å². The summed E-state index contributed by atoms with van der Waals surface area (Å²) in [7, 11) is 0. The molecule has 0 N–H and O–H groups in total. The van der Waals surface area contributed by atoms with E-state index in [2.05, 4.69) is 6.92 Å². The maximum Gasteiger partial charge on any atom is 0.103 e. The predicted molar refractivity (Wildman–Crippen MR) is 34.7 cm³/mol. The molecule has 0 aliphatic rings. The second kappa shape index (κ2) is 4.71. The van der Waals surface area contributed by atoms with E-state index in [1.54, 1.807) is 0 Å². The van der Waals surface area contributed by atoms with Crippen LogP contribution in [-0.2, 0) is 0 Å². The Labute approximate surface area is 55.3 Å². The molecule has 0 spiro atoms. The predicted octanol–water partition coefficient (Wildman–Crippen LogP) is 2.69. The van der Waals surface area contributed by atoms with Gasteiger partial charge in [0.25, 0.3) is 0 Å². The molecule has 0 nitrogen and oxygen atoms in total. The molecule has 0 aromatic rings. The number of alkyl halides is 2. The number of hydrogen-bond donors (Lipinski definition) is 0.